The fraction of sp³-hybridized carbons (Fsp3) is 0.625. The number of carbonyl (C=O) groups is 2. The summed E-state index contributed by atoms with van der Waals surface area (Å²) in [4.78, 5) is 25.0. The first kappa shape index (κ1) is 14.8. The molecule has 0 N–H and O–H groups in total. The van der Waals surface area contributed by atoms with Gasteiger partial charge >= 0.3 is 11.9 Å². The maximum absolute atomic E-state index is 12.5. The molecule has 0 heterocycles. The molecule has 0 aromatic carbocycles. The number of ether oxygens (including phenoxy) is 2. The van der Waals surface area contributed by atoms with Crippen LogP contribution in [0, 0.1) is 17.3 Å². The van der Waals surface area contributed by atoms with Crippen LogP contribution in [0.4, 0.5) is 0 Å². The van der Waals surface area contributed by atoms with E-state index in [1.807, 2.05) is 0 Å². The SMILES string of the molecule is C=C1CC(C(=O)OCC)(C(=O)OCC)[C@H]2CCC=C[C@@H]12. The van der Waals surface area contributed by atoms with Gasteiger partial charge in [0.05, 0.1) is 13.2 Å². The Balaban J connectivity index is 2.41. The molecule has 0 aromatic rings. The van der Waals surface area contributed by atoms with Crippen molar-refractivity contribution in [2.24, 2.45) is 17.3 Å². The standard InChI is InChI=1S/C16H22O4/c1-4-19-14(17)16(15(18)20-5-2)10-11(3)12-8-6-7-9-13(12)16/h6,8,12-13H,3-5,7,9-10H2,1-2H3/t12-,13-/m0/s1. The number of carbonyl (C=O) groups excluding carboxylic acids is 2. The molecule has 0 aliphatic heterocycles. The van der Waals surface area contributed by atoms with E-state index in [9.17, 15) is 9.59 Å². The molecule has 2 rings (SSSR count). The highest BCUT2D eigenvalue weighted by atomic mass is 16.6. The van der Waals surface area contributed by atoms with E-state index in [2.05, 4.69) is 18.7 Å². The molecular weight excluding hydrogens is 256 g/mol. The Morgan fingerprint density at radius 1 is 1.30 bits per heavy atom. The lowest BCUT2D eigenvalue weighted by Gasteiger charge is -2.33. The zero-order chi connectivity index (χ0) is 14.8. The van der Waals surface area contributed by atoms with E-state index in [4.69, 9.17) is 9.47 Å². The Morgan fingerprint density at radius 3 is 2.45 bits per heavy atom. The summed E-state index contributed by atoms with van der Waals surface area (Å²) < 4.78 is 10.4. The van der Waals surface area contributed by atoms with E-state index < -0.39 is 17.4 Å². The first-order chi connectivity index (χ1) is 9.57. The zero-order valence-corrected chi connectivity index (χ0v) is 12.2. The summed E-state index contributed by atoms with van der Waals surface area (Å²) in [6, 6.07) is 0. The Bertz CT molecular complexity index is 431. The van der Waals surface area contributed by atoms with Crippen molar-refractivity contribution >= 4 is 11.9 Å². The van der Waals surface area contributed by atoms with Crippen molar-refractivity contribution in [3.63, 3.8) is 0 Å². The predicted octanol–water partition coefficient (Wildman–Crippen LogP) is 2.64. The molecule has 0 saturated heterocycles. The molecule has 20 heavy (non-hydrogen) atoms. The summed E-state index contributed by atoms with van der Waals surface area (Å²) in [7, 11) is 0. The van der Waals surface area contributed by atoms with Gasteiger partial charge in [0.2, 0.25) is 0 Å². The molecule has 2 aliphatic carbocycles. The Hall–Kier alpha value is -1.58. The van der Waals surface area contributed by atoms with Crippen molar-refractivity contribution in [1.82, 2.24) is 0 Å². The third-order valence-corrected chi connectivity index (χ3v) is 4.31. The smallest absolute Gasteiger partial charge is 0.324 e. The van der Waals surface area contributed by atoms with Crippen LogP contribution in [-0.2, 0) is 19.1 Å². The Morgan fingerprint density at radius 2 is 1.90 bits per heavy atom. The number of rotatable bonds is 4. The predicted molar refractivity (Wildman–Crippen MR) is 74.8 cm³/mol. The van der Waals surface area contributed by atoms with Crippen LogP contribution in [0.15, 0.2) is 24.3 Å². The molecule has 0 amide bonds. The highest BCUT2D eigenvalue weighted by Crippen LogP contribution is 2.55. The van der Waals surface area contributed by atoms with Crippen LogP contribution in [-0.4, -0.2) is 25.2 Å². The van der Waals surface area contributed by atoms with Crippen molar-refractivity contribution in [2.75, 3.05) is 13.2 Å². The summed E-state index contributed by atoms with van der Waals surface area (Å²) in [5.41, 5.74) is -0.273. The van der Waals surface area contributed by atoms with Gasteiger partial charge in [-0.05, 0) is 39.0 Å². The van der Waals surface area contributed by atoms with Gasteiger partial charge in [-0.15, -0.1) is 0 Å². The summed E-state index contributed by atoms with van der Waals surface area (Å²) in [6.07, 6.45) is 6.16. The summed E-state index contributed by atoms with van der Waals surface area (Å²) in [5, 5.41) is 0. The van der Waals surface area contributed by atoms with Crippen molar-refractivity contribution < 1.29 is 19.1 Å². The van der Waals surface area contributed by atoms with Crippen LogP contribution in [0.2, 0.25) is 0 Å². The minimum atomic E-state index is -1.20. The van der Waals surface area contributed by atoms with E-state index in [0.717, 1.165) is 18.4 Å². The number of hydrogen-bond acceptors (Lipinski definition) is 4. The first-order valence-corrected chi connectivity index (χ1v) is 7.26. The van der Waals surface area contributed by atoms with Crippen molar-refractivity contribution in [3.05, 3.63) is 24.3 Å². The normalized spacial score (nSPS) is 27.0. The van der Waals surface area contributed by atoms with Crippen molar-refractivity contribution in [2.45, 2.75) is 33.1 Å². The largest absolute Gasteiger partial charge is 0.465 e. The molecule has 0 aromatic heterocycles. The van der Waals surface area contributed by atoms with Crippen LogP contribution < -0.4 is 0 Å². The van der Waals surface area contributed by atoms with Crippen molar-refractivity contribution in [1.29, 1.82) is 0 Å². The molecule has 1 fully saturated rings. The Kier molecular flexibility index (Phi) is 4.31. The number of allylic oxidation sites excluding steroid dienone is 3. The molecule has 0 bridgehead atoms. The minimum Gasteiger partial charge on any atom is -0.465 e. The van der Waals surface area contributed by atoms with Crippen molar-refractivity contribution in [3.8, 4) is 0 Å². The summed E-state index contributed by atoms with van der Waals surface area (Å²) in [5.74, 6) is -0.916. The number of hydrogen-bond donors (Lipinski definition) is 0. The molecule has 2 aliphatic rings. The quantitative estimate of drug-likeness (QED) is 0.450. The fourth-order valence-corrected chi connectivity index (χ4v) is 3.46. The molecule has 0 unspecified atom stereocenters. The van der Waals surface area contributed by atoms with E-state index in [0.29, 0.717) is 6.42 Å². The van der Waals surface area contributed by atoms with Crippen LogP contribution >= 0.6 is 0 Å². The van der Waals surface area contributed by atoms with E-state index >= 15 is 0 Å². The summed E-state index contributed by atoms with van der Waals surface area (Å²) in [6.45, 7) is 8.08. The molecule has 110 valence electrons. The van der Waals surface area contributed by atoms with Gasteiger partial charge in [-0.1, -0.05) is 24.3 Å². The monoisotopic (exact) mass is 278 g/mol. The second-order valence-electron chi connectivity index (χ2n) is 5.39. The molecule has 0 radical (unpaired) electrons. The second kappa shape index (κ2) is 5.81. The minimum absolute atomic E-state index is 0.0811. The van der Waals surface area contributed by atoms with Gasteiger partial charge in [0.25, 0.3) is 0 Å². The van der Waals surface area contributed by atoms with Gasteiger partial charge in [0.1, 0.15) is 0 Å². The maximum Gasteiger partial charge on any atom is 0.324 e. The summed E-state index contributed by atoms with van der Waals surface area (Å²) >= 11 is 0. The third-order valence-electron chi connectivity index (χ3n) is 4.31. The van der Waals surface area contributed by atoms with Gasteiger partial charge in [0.15, 0.2) is 5.41 Å². The molecule has 4 nitrogen and oxygen atoms in total. The topological polar surface area (TPSA) is 52.6 Å². The molecule has 0 spiro atoms. The van der Waals surface area contributed by atoms with E-state index in [-0.39, 0.29) is 25.0 Å². The second-order valence-corrected chi connectivity index (χ2v) is 5.39. The number of esters is 2. The average Bonchev–Trinajstić information content (AvgIpc) is 2.74. The van der Waals surface area contributed by atoms with Crippen LogP contribution in [0.3, 0.4) is 0 Å². The van der Waals surface area contributed by atoms with Gasteiger partial charge < -0.3 is 9.47 Å². The van der Waals surface area contributed by atoms with Crippen LogP contribution in [0.1, 0.15) is 33.1 Å². The van der Waals surface area contributed by atoms with Crippen LogP contribution in [0.5, 0.6) is 0 Å². The zero-order valence-electron chi connectivity index (χ0n) is 12.2. The van der Waals surface area contributed by atoms with Gasteiger partial charge in [-0.25, -0.2) is 0 Å². The maximum atomic E-state index is 12.5. The number of fused-ring (bicyclic) bond motifs is 1. The third kappa shape index (κ3) is 2.17. The van der Waals surface area contributed by atoms with Crippen LogP contribution in [0.25, 0.3) is 0 Å². The van der Waals surface area contributed by atoms with Gasteiger partial charge in [0, 0.05) is 5.92 Å². The lowest BCUT2D eigenvalue weighted by Crippen LogP contribution is -2.46. The van der Waals surface area contributed by atoms with E-state index in [1.54, 1.807) is 13.8 Å². The highest BCUT2D eigenvalue weighted by Gasteiger charge is 2.61. The average molecular weight is 278 g/mol. The van der Waals surface area contributed by atoms with Gasteiger partial charge in [-0.3, -0.25) is 9.59 Å². The molecule has 1 saturated carbocycles. The molecule has 2 atom stereocenters. The lowest BCUT2D eigenvalue weighted by molar-refractivity contribution is -0.175. The first-order valence-electron chi connectivity index (χ1n) is 7.26. The van der Waals surface area contributed by atoms with E-state index in [1.165, 1.54) is 0 Å². The lowest BCUT2D eigenvalue weighted by atomic mass is 9.71. The van der Waals surface area contributed by atoms with Gasteiger partial charge in [-0.2, -0.15) is 0 Å². The highest BCUT2D eigenvalue weighted by molar-refractivity contribution is 6.01. The fourth-order valence-electron chi connectivity index (χ4n) is 3.46. The molecule has 4 heteroatoms. The molecular formula is C16H22O4. The Labute approximate surface area is 119 Å².